The van der Waals surface area contributed by atoms with Crippen LogP contribution in [-0.4, -0.2) is 21.0 Å². The molecule has 1 saturated carbocycles. The summed E-state index contributed by atoms with van der Waals surface area (Å²) < 4.78 is 40.7. The van der Waals surface area contributed by atoms with Crippen LogP contribution in [0.2, 0.25) is 10.0 Å². The zero-order valence-electron chi connectivity index (χ0n) is 11.0. The maximum atomic E-state index is 13.6. The molecule has 1 aliphatic carbocycles. The molecule has 0 radical (unpaired) electrons. The first-order valence-electron chi connectivity index (χ1n) is 6.22. The fourth-order valence-electron chi connectivity index (χ4n) is 2.45. The predicted octanol–water partition coefficient (Wildman–Crippen LogP) is 2.96. The van der Waals surface area contributed by atoms with E-state index in [9.17, 15) is 12.8 Å². The van der Waals surface area contributed by atoms with Crippen LogP contribution in [0.5, 0.6) is 0 Å². The third-order valence-electron chi connectivity index (χ3n) is 3.56. The maximum Gasteiger partial charge on any atom is 0.242 e. The first kappa shape index (κ1) is 18.9. The van der Waals surface area contributed by atoms with Gasteiger partial charge in [0.05, 0.1) is 10.0 Å². The number of nitrogens with one attached hydrogen (secondary N) is 1. The summed E-state index contributed by atoms with van der Waals surface area (Å²) in [4.78, 5) is -0.302. The van der Waals surface area contributed by atoms with Gasteiger partial charge in [0.25, 0.3) is 0 Å². The van der Waals surface area contributed by atoms with Gasteiger partial charge in [-0.15, -0.1) is 12.4 Å². The Morgan fingerprint density at radius 1 is 1.33 bits per heavy atom. The molecule has 3 N–H and O–H groups in total. The number of rotatable bonds is 4. The third-order valence-corrected chi connectivity index (χ3v) is 5.86. The zero-order chi connectivity index (χ0) is 14.9. The van der Waals surface area contributed by atoms with Crippen LogP contribution in [0.25, 0.3) is 0 Å². The van der Waals surface area contributed by atoms with Gasteiger partial charge in [0.2, 0.25) is 10.0 Å². The van der Waals surface area contributed by atoms with Crippen LogP contribution >= 0.6 is 35.6 Å². The van der Waals surface area contributed by atoms with E-state index in [1.807, 2.05) is 0 Å². The summed E-state index contributed by atoms with van der Waals surface area (Å²) in [5.41, 5.74) is 5.62. The summed E-state index contributed by atoms with van der Waals surface area (Å²) in [7, 11) is -3.89. The van der Waals surface area contributed by atoms with E-state index in [0.29, 0.717) is 6.54 Å². The normalized spacial score (nSPS) is 22.1. The molecular weight excluding hydrogens is 362 g/mol. The molecule has 1 aromatic carbocycles. The molecule has 0 saturated heterocycles. The Labute approximate surface area is 139 Å². The lowest BCUT2D eigenvalue weighted by molar-refractivity contribution is 0.452. The van der Waals surface area contributed by atoms with Gasteiger partial charge in [0.15, 0.2) is 5.82 Å². The average Bonchev–Trinajstić information content (AvgIpc) is 2.82. The van der Waals surface area contributed by atoms with Crippen molar-refractivity contribution in [3.63, 3.8) is 0 Å². The zero-order valence-corrected chi connectivity index (χ0v) is 14.1. The monoisotopic (exact) mass is 376 g/mol. The van der Waals surface area contributed by atoms with Crippen LogP contribution in [0.1, 0.15) is 19.3 Å². The molecular formula is C12H16Cl3FN2O2S. The van der Waals surface area contributed by atoms with Crippen molar-refractivity contribution in [2.75, 3.05) is 6.54 Å². The van der Waals surface area contributed by atoms with Crippen molar-refractivity contribution in [2.45, 2.75) is 30.2 Å². The summed E-state index contributed by atoms with van der Waals surface area (Å²) in [6.07, 6.45) is 2.51. The Morgan fingerprint density at radius 2 is 2.00 bits per heavy atom. The van der Waals surface area contributed by atoms with E-state index in [2.05, 4.69) is 4.72 Å². The molecule has 0 amide bonds. The van der Waals surface area contributed by atoms with E-state index < -0.39 is 20.9 Å². The molecule has 1 fully saturated rings. The van der Waals surface area contributed by atoms with Crippen molar-refractivity contribution in [3.05, 3.63) is 28.0 Å². The SMILES string of the molecule is Cl.NCC1CCCC1NS(=O)(=O)c1ccc(Cl)c(F)c1Cl. The van der Waals surface area contributed by atoms with E-state index in [0.717, 1.165) is 19.3 Å². The molecule has 0 heterocycles. The van der Waals surface area contributed by atoms with Gasteiger partial charge in [0.1, 0.15) is 4.90 Å². The molecule has 0 spiro atoms. The summed E-state index contributed by atoms with van der Waals surface area (Å²) in [5, 5.41) is -0.707. The van der Waals surface area contributed by atoms with Gasteiger partial charge in [-0.2, -0.15) is 0 Å². The molecule has 1 aromatic rings. The van der Waals surface area contributed by atoms with Gasteiger partial charge in [-0.1, -0.05) is 29.6 Å². The molecule has 0 aliphatic heterocycles. The van der Waals surface area contributed by atoms with Crippen molar-refractivity contribution in [1.82, 2.24) is 4.72 Å². The Balaban J connectivity index is 0.00000220. The van der Waals surface area contributed by atoms with Gasteiger partial charge in [-0.05, 0) is 37.4 Å². The lowest BCUT2D eigenvalue weighted by Crippen LogP contribution is -2.39. The maximum absolute atomic E-state index is 13.6. The van der Waals surface area contributed by atoms with Gasteiger partial charge in [0, 0.05) is 6.04 Å². The number of nitrogens with two attached hydrogens (primary N) is 1. The number of hydrogen-bond donors (Lipinski definition) is 2. The predicted molar refractivity (Wildman–Crippen MR) is 84.2 cm³/mol. The average molecular weight is 378 g/mol. The van der Waals surface area contributed by atoms with Crippen molar-refractivity contribution < 1.29 is 12.8 Å². The smallest absolute Gasteiger partial charge is 0.242 e. The van der Waals surface area contributed by atoms with E-state index in [-0.39, 0.29) is 34.3 Å². The highest BCUT2D eigenvalue weighted by Gasteiger charge is 2.31. The molecule has 1 aliphatic rings. The minimum Gasteiger partial charge on any atom is -0.330 e. The second kappa shape index (κ2) is 7.44. The quantitative estimate of drug-likeness (QED) is 0.792. The van der Waals surface area contributed by atoms with Gasteiger partial charge < -0.3 is 5.73 Å². The Hall–Kier alpha value is -0.110. The molecule has 2 atom stereocenters. The first-order chi connectivity index (χ1) is 9.36. The standard InChI is InChI=1S/C12H15Cl2FN2O2S.ClH/c13-8-4-5-10(11(14)12(8)15)20(18,19)17-9-3-1-2-7(9)6-16;/h4-5,7,9,17H,1-3,6,16H2;1H. The van der Waals surface area contributed by atoms with E-state index in [4.69, 9.17) is 28.9 Å². The first-order valence-corrected chi connectivity index (χ1v) is 8.46. The highest BCUT2D eigenvalue weighted by Crippen LogP contribution is 2.31. The molecule has 21 heavy (non-hydrogen) atoms. The molecule has 9 heteroatoms. The molecule has 0 bridgehead atoms. The highest BCUT2D eigenvalue weighted by molar-refractivity contribution is 7.89. The molecule has 2 unspecified atom stereocenters. The summed E-state index contributed by atoms with van der Waals surface area (Å²) >= 11 is 11.3. The van der Waals surface area contributed by atoms with E-state index in [1.165, 1.54) is 12.1 Å². The Kier molecular flexibility index (Phi) is 6.71. The largest absolute Gasteiger partial charge is 0.330 e. The number of sulfonamides is 1. The van der Waals surface area contributed by atoms with Crippen LogP contribution in [0, 0.1) is 11.7 Å². The molecule has 0 aromatic heterocycles. The van der Waals surface area contributed by atoms with Gasteiger partial charge >= 0.3 is 0 Å². The number of hydrogen-bond acceptors (Lipinski definition) is 3. The second-order valence-corrected chi connectivity index (χ2v) is 7.30. The van der Waals surface area contributed by atoms with Gasteiger partial charge in [-0.3, -0.25) is 0 Å². The molecule has 2 rings (SSSR count). The highest BCUT2D eigenvalue weighted by atomic mass is 35.5. The Bertz CT molecular complexity index is 613. The minimum absolute atomic E-state index is 0. The fourth-order valence-corrected chi connectivity index (χ4v) is 4.54. The van der Waals surface area contributed by atoms with Crippen molar-refractivity contribution in [2.24, 2.45) is 11.7 Å². The third kappa shape index (κ3) is 4.00. The lowest BCUT2D eigenvalue weighted by Gasteiger charge is -2.20. The molecule has 4 nitrogen and oxygen atoms in total. The molecule has 120 valence electrons. The van der Waals surface area contributed by atoms with Crippen molar-refractivity contribution >= 4 is 45.6 Å². The van der Waals surface area contributed by atoms with Crippen LogP contribution < -0.4 is 10.5 Å². The fraction of sp³-hybridized carbons (Fsp3) is 0.500. The minimum atomic E-state index is -3.89. The Morgan fingerprint density at radius 3 is 2.62 bits per heavy atom. The van der Waals surface area contributed by atoms with Crippen LogP contribution in [0.3, 0.4) is 0 Å². The van der Waals surface area contributed by atoms with Crippen LogP contribution in [0.4, 0.5) is 4.39 Å². The van der Waals surface area contributed by atoms with E-state index >= 15 is 0 Å². The lowest BCUT2D eigenvalue weighted by atomic mass is 10.1. The summed E-state index contributed by atoms with van der Waals surface area (Å²) in [6, 6.07) is 2.13. The summed E-state index contributed by atoms with van der Waals surface area (Å²) in [6.45, 7) is 0.413. The van der Waals surface area contributed by atoms with Crippen molar-refractivity contribution in [1.29, 1.82) is 0 Å². The van der Waals surface area contributed by atoms with Crippen LogP contribution in [0.15, 0.2) is 17.0 Å². The van der Waals surface area contributed by atoms with Gasteiger partial charge in [-0.25, -0.2) is 17.5 Å². The summed E-state index contributed by atoms with van der Waals surface area (Å²) in [5.74, 6) is -0.835. The second-order valence-electron chi connectivity index (χ2n) is 4.83. The van der Waals surface area contributed by atoms with Crippen molar-refractivity contribution in [3.8, 4) is 0 Å². The van der Waals surface area contributed by atoms with Crippen LogP contribution in [-0.2, 0) is 10.0 Å². The number of halogens is 4. The topological polar surface area (TPSA) is 72.2 Å². The van der Waals surface area contributed by atoms with E-state index in [1.54, 1.807) is 0 Å². The number of benzene rings is 1.